The smallest absolute Gasteiger partial charge is 0.0507 e. The van der Waals surface area contributed by atoms with Gasteiger partial charge in [0, 0.05) is 15.0 Å². The van der Waals surface area contributed by atoms with Crippen molar-refractivity contribution in [2.24, 2.45) is 5.73 Å². The van der Waals surface area contributed by atoms with Crippen molar-refractivity contribution in [2.45, 2.75) is 19.4 Å². The van der Waals surface area contributed by atoms with Crippen molar-refractivity contribution in [3.05, 3.63) is 26.6 Å². The van der Waals surface area contributed by atoms with Crippen LogP contribution in [0, 0.1) is 0 Å². The van der Waals surface area contributed by atoms with Crippen LogP contribution in [0.2, 0.25) is 0 Å². The monoisotopic (exact) mass is 306 g/mol. The van der Waals surface area contributed by atoms with Crippen LogP contribution >= 0.6 is 31.9 Å². The molecule has 4 heteroatoms. The third-order valence-electron chi connectivity index (χ3n) is 1.97. The van der Waals surface area contributed by atoms with Gasteiger partial charge in [-0.2, -0.15) is 0 Å². The molecular formula is C9H12Br2N2. The highest BCUT2D eigenvalue weighted by Gasteiger charge is 2.10. The fraction of sp³-hybridized carbons (Fsp3) is 0.333. The lowest BCUT2D eigenvalue weighted by atomic mass is 10.0. The Balaban J connectivity index is 3.20. The zero-order chi connectivity index (χ0) is 10.0. The summed E-state index contributed by atoms with van der Waals surface area (Å²) in [6.07, 6.45) is 0.882. The summed E-state index contributed by atoms with van der Waals surface area (Å²) in [5.74, 6) is 0. The lowest BCUT2D eigenvalue weighted by Gasteiger charge is -2.13. The predicted molar refractivity (Wildman–Crippen MR) is 63.5 cm³/mol. The minimum atomic E-state index is 0.00815. The second-order valence-corrected chi connectivity index (χ2v) is 4.68. The first-order chi connectivity index (χ1) is 6.06. The summed E-state index contributed by atoms with van der Waals surface area (Å²) in [6, 6.07) is 3.89. The van der Waals surface area contributed by atoms with Crippen molar-refractivity contribution in [1.82, 2.24) is 0 Å². The van der Waals surface area contributed by atoms with E-state index in [-0.39, 0.29) is 6.04 Å². The summed E-state index contributed by atoms with van der Waals surface area (Å²) < 4.78 is 1.88. The van der Waals surface area contributed by atoms with Gasteiger partial charge in [0.15, 0.2) is 0 Å². The molecule has 0 amide bonds. The molecule has 0 aliphatic rings. The summed E-state index contributed by atoms with van der Waals surface area (Å²) in [6.45, 7) is 2.04. The van der Waals surface area contributed by atoms with Crippen LogP contribution in [0.25, 0.3) is 0 Å². The van der Waals surface area contributed by atoms with Gasteiger partial charge in [-0.1, -0.05) is 22.9 Å². The van der Waals surface area contributed by atoms with Crippen LogP contribution in [0.1, 0.15) is 24.9 Å². The largest absolute Gasteiger partial charge is 0.398 e. The van der Waals surface area contributed by atoms with Gasteiger partial charge in [0.2, 0.25) is 0 Å². The van der Waals surface area contributed by atoms with Crippen LogP contribution in [0.5, 0.6) is 0 Å². The number of benzene rings is 1. The van der Waals surface area contributed by atoms with Gasteiger partial charge >= 0.3 is 0 Å². The van der Waals surface area contributed by atoms with Gasteiger partial charge in [0.1, 0.15) is 0 Å². The van der Waals surface area contributed by atoms with Gasteiger partial charge < -0.3 is 11.5 Å². The molecule has 0 unspecified atom stereocenters. The normalized spacial score (nSPS) is 12.9. The van der Waals surface area contributed by atoms with Gasteiger partial charge in [-0.05, 0) is 40.0 Å². The van der Waals surface area contributed by atoms with Gasteiger partial charge in [-0.3, -0.25) is 0 Å². The Kier molecular flexibility index (Phi) is 3.76. The average molecular weight is 308 g/mol. The standard InChI is InChI=1S/C9H12Br2N2/c1-2-8(12)6-3-5(10)4-7(11)9(6)13/h3-4,8H,2,12-13H2,1H3/t8-/m1/s1. The second kappa shape index (κ2) is 4.44. The lowest BCUT2D eigenvalue weighted by molar-refractivity contribution is 0.700. The number of nitrogen functional groups attached to an aromatic ring is 1. The minimum Gasteiger partial charge on any atom is -0.398 e. The van der Waals surface area contributed by atoms with Crippen molar-refractivity contribution in [1.29, 1.82) is 0 Å². The average Bonchev–Trinajstić information content (AvgIpc) is 2.10. The molecule has 13 heavy (non-hydrogen) atoms. The topological polar surface area (TPSA) is 52.0 Å². The summed E-state index contributed by atoms with van der Waals surface area (Å²) in [5.41, 5.74) is 13.5. The van der Waals surface area contributed by atoms with Gasteiger partial charge in [0.25, 0.3) is 0 Å². The van der Waals surface area contributed by atoms with Crippen LogP contribution in [0.4, 0.5) is 5.69 Å². The van der Waals surface area contributed by atoms with Crippen LogP contribution in [-0.2, 0) is 0 Å². The van der Waals surface area contributed by atoms with Crippen LogP contribution in [-0.4, -0.2) is 0 Å². The van der Waals surface area contributed by atoms with E-state index in [4.69, 9.17) is 11.5 Å². The first-order valence-electron chi connectivity index (χ1n) is 4.06. The molecule has 0 bridgehead atoms. The molecule has 1 atom stereocenters. The highest BCUT2D eigenvalue weighted by atomic mass is 79.9. The molecule has 1 aromatic rings. The summed E-state index contributed by atoms with van der Waals surface area (Å²) in [7, 11) is 0. The molecule has 1 rings (SSSR count). The van der Waals surface area contributed by atoms with E-state index in [0.717, 1.165) is 26.6 Å². The Morgan fingerprint density at radius 3 is 2.54 bits per heavy atom. The molecule has 1 aromatic carbocycles. The zero-order valence-corrected chi connectivity index (χ0v) is 10.5. The molecule has 2 nitrogen and oxygen atoms in total. The molecule has 0 fully saturated rings. The van der Waals surface area contributed by atoms with E-state index >= 15 is 0 Å². The van der Waals surface area contributed by atoms with Crippen molar-refractivity contribution in [3.8, 4) is 0 Å². The molecular weight excluding hydrogens is 296 g/mol. The molecule has 0 heterocycles. The molecule has 0 saturated carbocycles. The molecule has 0 aliphatic carbocycles. The Bertz CT molecular complexity index is 313. The SMILES string of the molecule is CC[C@@H](N)c1cc(Br)cc(Br)c1N. The second-order valence-electron chi connectivity index (χ2n) is 2.91. The maximum Gasteiger partial charge on any atom is 0.0507 e. The van der Waals surface area contributed by atoms with Crippen LogP contribution < -0.4 is 11.5 Å². The van der Waals surface area contributed by atoms with Crippen LogP contribution in [0.15, 0.2) is 21.1 Å². The molecule has 4 N–H and O–H groups in total. The summed E-state index contributed by atoms with van der Waals surface area (Å²) in [5, 5.41) is 0. The van der Waals surface area contributed by atoms with E-state index in [1.54, 1.807) is 0 Å². The molecule has 0 spiro atoms. The van der Waals surface area contributed by atoms with Gasteiger partial charge in [-0.15, -0.1) is 0 Å². The Labute approximate surface area is 94.9 Å². The van der Waals surface area contributed by atoms with E-state index in [1.165, 1.54) is 0 Å². The van der Waals surface area contributed by atoms with E-state index in [2.05, 4.69) is 31.9 Å². The Hall–Kier alpha value is -0.0600. The predicted octanol–water partition coefficient (Wildman–Crippen LogP) is 3.20. The number of halogens is 2. The van der Waals surface area contributed by atoms with E-state index < -0.39 is 0 Å². The highest BCUT2D eigenvalue weighted by Crippen LogP contribution is 2.31. The maximum atomic E-state index is 5.91. The minimum absolute atomic E-state index is 0.00815. The third kappa shape index (κ3) is 2.45. The Morgan fingerprint density at radius 2 is 2.00 bits per heavy atom. The molecule has 0 aliphatic heterocycles. The van der Waals surface area contributed by atoms with Gasteiger partial charge in [0.05, 0.1) is 5.69 Å². The molecule has 0 saturated heterocycles. The summed E-state index contributed by atoms with van der Waals surface area (Å²) in [4.78, 5) is 0. The first kappa shape index (κ1) is 11.0. The van der Waals surface area contributed by atoms with Crippen molar-refractivity contribution < 1.29 is 0 Å². The quantitative estimate of drug-likeness (QED) is 0.824. The first-order valence-corrected chi connectivity index (χ1v) is 5.64. The van der Waals surface area contributed by atoms with E-state index in [9.17, 15) is 0 Å². The van der Waals surface area contributed by atoms with Crippen molar-refractivity contribution in [3.63, 3.8) is 0 Å². The number of nitrogens with two attached hydrogens (primary N) is 2. The number of rotatable bonds is 2. The summed E-state index contributed by atoms with van der Waals surface area (Å²) >= 11 is 6.79. The number of hydrogen-bond donors (Lipinski definition) is 2. The molecule has 72 valence electrons. The fourth-order valence-corrected chi connectivity index (χ4v) is 2.39. The van der Waals surface area contributed by atoms with Crippen molar-refractivity contribution in [2.75, 3.05) is 5.73 Å². The van der Waals surface area contributed by atoms with E-state index in [1.807, 2.05) is 19.1 Å². The highest BCUT2D eigenvalue weighted by molar-refractivity contribution is 9.11. The fourth-order valence-electron chi connectivity index (χ4n) is 1.13. The molecule has 0 aromatic heterocycles. The van der Waals surface area contributed by atoms with Crippen LogP contribution in [0.3, 0.4) is 0 Å². The third-order valence-corrected chi connectivity index (χ3v) is 3.08. The van der Waals surface area contributed by atoms with E-state index in [0.29, 0.717) is 0 Å². The van der Waals surface area contributed by atoms with Crippen molar-refractivity contribution >= 4 is 37.5 Å². The Morgan fingerprint density at radius 1 is 1.38 bits per heavy atom. The number of hydrogen-bond acceptors (Lipinski definition) is 2. The lowest BCUT2D eigenvalue weighted by Crippen LogP contribution is -2.11. The zero-order valence-electron chi connectivity index (χ0n) is 7.35. The maximum absolute atomic E-state index is 5.91. The number of anilines is 1. The van der Waals surface area contributed by atoms with Gasteiger partial charge in [-0.25, -0.2) is 0 Å². The molecule has 0 radical (unpaired) electrons.